The SMILES string of the molecule is O=C(c1ccccc1)C1(O[Si](OC2(C(=O)c3ccccc3)CCCCC2)(OC2(C(=O)c3ccccc3)CCCCC2)OC2(C(=O)c3ccccc3)CCCCC2)CCCCC1. The molecule has 0 bridgehead atoms. The molecule has 9 heteroatoms. The Balaban J connectivity index is 1.38. The summed E-state index contributed by atoms with van der Waals surface area (Å²) in [5.41, 5.74) is -3.96. The highest BCUT2D eigenvalue weighted by molar-refractivity contribution is 6.55. The van der Waals surface area contributed by atoms with E-state index in [2.05, 4.69) is 0 Å². The molecular weight excluding hydrogens is 781 g/mol. The third kappa shape index (κ3) is 9.23. The molecule has 0 saturated heterocycles. The molecule has 0 unspecified atom stereocenters. The number of Topliss-reactive ketones (excluding diaryl/α,β-unsaturated/α-hetero) is 4. The molecule has 8 nitrogen and oxygen atoms in total. The van der Waals surface area contributed by atoms with Crippen molar-refractivity contribution in [2.75, 3.05) is 0 Å². The molecule has 4 aromatic rings. The van der Waals surface area contributed by atoms with Gasteiger partial charge in [-0.25, -0.2) is 0 Å². The smallest absolute Gasteiger partial charge is 0.338 e. The van der Waals surface area contributed by atoms with Gasteiger partial charge in [-0.3, -0.25) is 19.2 Å². The lowest BCUT2D eigenvalue weighted by Gasteiger charge is -2.51. The fraction of sp³-hybridized carbons (Fsp3) is 0.462. The molecule has 61 heavy (non-hydrogen) atoms. The zero-order valence-electron chi connectivity index (χ0n) is 35.5. The standard InChI is InChI=1S/C52H60O8Si/c53-45(41-25-9-1-10-26-41)49(33-17-5-18-34-49)57-61(58-50(35-19-6-20-36-50)46(54)42-27-11-2-12-28-42,59-51(37-21-7-22-38-51)47(55)43-29-13-3-14-30-43)60-52(39-23-8-24-40-52)48(56)44-31-15-4-16-32-44/h1-4,9-16,25-32H,5-8,17-24,33-40H2. The molecule has 0 radical (unpaired) electrons. The minimum atomic E-state index is -5.10. The van der Waals surface area contributed by atoms with Crippen LogP contribution in [-0.2, 0) is 17.7 Å². The van der Waals surface area contributed by atoms with Crippen LogP contribution < -0.4 is 0 Å². The van der Waals surface area contributed by atoms with E-state index in [-0.39, 0.29) is 23.1 Å². The minimum Gasteiger partial charge on any atom is -0.338 e. The molecule has 4 saturated carbocycles. The number of carbonyl (C=O) groups excluding carboxylic acids is 4. The predicted octanol–water partition coefficient (Wildman–Crippen LogP) is 11.8. The van der Waals surface area contributed by atoms with Gasteiger partial charge in [0.1, 0.15) is 22.4 Å². The van der Waals surface area contributed by atoms with Crippen LogP contribution in [0.15, 0.2) is 121 Å². The molecule has 4 aliphatic carbocycles. The van der Waals surface area contributed by atoms with Gasteiger partial charge < -0.3 is 17.7 Å². The molecule has 0 aliphatic heterocycles. The monoisotopic (exact) mass is 840 g/mol. The molecule has 4 aliphatic rings. The van der Waals surface area contributed by atoms with Crippen molar-refractivity contribution in [1.82, 2.24) is 0 Å². The number of carbonyl (C=O) groups is 4. The highest BCUT2D eigenvalue weighted by Gasteiger charge is 2.68. The van der Waals surface area contributed by atoms with Crippen LogP contribution in [0, 0.1) is 0 Å². The van der Waals surface area contributed by atoms with Crippen LogP contribution in [0.2, 0.25) is 0 Å². The predicted molar refractivity (Wildman–Crippen MR) is 236 cm³/mol. The first-order valence-electron chi connectivity index (χ1n) is 22.9. The summed E-state index contributed by atoms with van der Waals surface area (Å²) in [4.78, 5) is 61.2. The van der Waals surface area contributed by atoms with Crippen molar-refractivity contribution in [3.05, 3.63) is 144 Å². The quantitative estimate of drug-likeness (QED) is 0.0811. The Morgan fingerprint density at radius 2 is 0.475 bits per heavy atom. The van der Waals surface area contributed by atoms with Crippen LogP contribution in [0.1, 0.15) is 170 Å². The first-order valence-corrected chi connectivity index (χ1v) is 24.6. The van der Waals surface area contributed by atoms with Gasteiger partial charge in [-0.15, -0.1) is 0 Å². The van der Waals surface area contributed by atoms with Crippen LogP contribution in [-0.4, -0.2) is 54.6 Å². The van der Waals surface area contributed by atoms with Gasteiger partial charge in [0.05, 0.1) is 0 Å². The average molecular weight is 841 g/mol. The molecule has 0 amide bonds. The second-order valence-electron chi connectivity index (χ2n) is 17.9. The van der Waals surface area contributed by atoms with Gasteiger partial charge in [0.2, 0.25) is 0 Å². The number of hydrogen-bond donors (Lipinski definition) is 0. The second kappa shape index (κ2) is 18.9. The van der Waals surface area contributed by atoms with Crippen LogP contribution in [0.25, 0.3) is 0 Å². The largest absolute Gasteiger partial charge is 0.683 e. The van der Waals surface area contributed by atoms with Crippen molar-refractivity contribution >= 4 is 32.2 Å². The van der Waals surface area contributed by atoms with E-state index in [1.54, 1.807) is 48.5 Å². The maximum atomic E-state index is 15.3. The van der Waals surface area contributed by atoms with Crippen LogP contribution in [0.3, 0.4) is 0 Å². The summed E-state index contributed by atoms with van der Waals surface area (Å²) in [5, 5.41) is 0. The van der Waals surface area contributed by atoms with Gasteiger partial charge in [-0.2, -0.15) is 0 Å². The summed E-state index contributed by atoms with van der Waals surface area (Å²) >= 11 is 0. The maximum absolute atomic E-state index is 15.3. The Bertz CT molecular complexity index is 1790. The highest BCUT2D eigenvalue weighted by atomic mass is 28.4. The summed E-state index contributed by atoms with van der Waals surface area (Å²) in [7, 11) is -5.10. The molecule has 0 N–H and O–H groups in total. The third-order valence-electron chi connectivity index (χ3n) is 13.7. The van der Waals surface area contributed by atoms with Crippen molar-refractivity contribution in [2.24, 2.45) is 0 Å². The van der Waals surface area contributed by atoms with E-state index in [1.807, 2.05) is 72.8 Å². The molecule has 4 aromatic carbocycles. The fourth-order valence-electron chi connectivity index (χ4n) is 10.5. The molecule has 0 heterocycles. The van der Waals surface area contributed by atoms with Gasteiger partial charge in [0, 0.05) is 22.3 Å². The van der Waals surface area contributed by atoms with Crippen molar-refractivity contribution in [1.29, 1.82) is 0 Å². The van der Waals surface area contributed by atoms with Crippen molar-refractivity contribution < 1.29 is 36.9 Å². The molecule has 0 aromatic heterocycles. The Morgan fingerprint density at radius 1 is 0.295 bits per heavy atom. The minimum absolute atomic E-state index is 0.216. The summed E-state index contributed by atoms with van der Waals surface area (Å²) in [5.74, 6) is -0.864. The fourth-order valence-corrected chi connectivity index (χ4v) is 13.8. The normalized spacial score (nSPS) is 20.9. The summed E-state index contributed by atoms with van der Waals surface area (Å²) in [6, 6.07) is 36.7. The number of ketones is 4. The van der Waals surface area contributed by atoms with E-state index >= 15 is 19.2 Å². The molecule has 320 valence electrons. The summed E-state index contributed by atoms with van der Waals surface area (Å²) in [6.07, 6.45) is 12.2. The Kier molecular flexibility index (Phi) is 13.4. The Morgan fingerprint density at radius 3 is 0.656 bits per heavy atom. The zero-order chi connectivity index (χ0) is 42.2. The van der Waals surface area contributed by atoms with Gasteiger partial charge in [-0.05, 0) is 51.4 Å². The lowest BCUT2D eigenvalue weighted by Crippen LogP contribution is -2.70. The second-order valence-corrected chi connectivity index (χ2v) is 19.7. The summed E-state index contributed by atoms with van der Waals surface area (Å²) < 4.78 is 30.8. The van der Waals surface area contributed by atoms with Crippen molar-refractivity contribution in [3.8, 4) is 0 Å². The molecule has 0 spiro atoms. The number of rotatable bonds is 16. The molecule has 8 rings (SSSR count). The van der Waals surface area contributed by atoms with E-state index in [0.717, 1.165) is 25.7 Å². The summed E-state index contributed by atoms with van der Waals surface area (Å²) in [6.45, 7) is 0. The highest BCUT2D eigenvalue weighted by Crippen LogP contribution is 2.49. The first kappa shape index (κ1) is 43.3. The van der Waals surface area contributed by atoms with E-state index in [9.17, 15) is 0 Å². The maximum Gasteiger partial charge on any atom is 0.683 e. The Labute approximate surface area is 362 Å². The third-order valence-corrected chi connectivity index (χ3v) is 16.3. The van der Waals surface area contributed by atoms with Crippen molar-refractivity contribution in [2.45, 2.75) is 151 Å². The zero-order valence-corrected chi connectivity index (χ0v) is 36.5. The topological polar surface area (TPSA) is 105 Å². The van der Waals surface area contributed by atoms with E-state index in [4.69, 9.17) is 17.7 Å². The van der Waals surface area contributed by atoms with E-state index in [1.165, 1.54) is 0 Å². The number of hydrogen-bond acceptors (Lipinski definition) is 8. The van der Waals surface area contributed by atoms with Crippen LogP contribution in [0.4, 0.5) is 0 Å². The van der Waals surface area contributed by atoms with Gasteiger partial charge in [0.15, 0.2) is 23.1 Å². The van der Waals surface area contributed by atoms with Gasteiger partial charge >= 0.3 is 9.05 Å². The lowest BCUT2D eigenvalue weighted by atomic mass is 9.79. The number of benzene rings is 4. The van der Waals surface area contributed by atoms with Crippen LogP contribution >= 0.6 is 0 Å². The Hall–Kier alpha value is -4.38. The first-order chi connectivity index (χ1) is 29.7. The lowest BCUT2D eigenvalue weighted by molar-refractivity contribution is -0.174. The van der Waals surface area contributed by atoms with Gasteiger partial charge in [0.25, 0.3) is 0 Å². The van der Waals surface area contributed by atoms with E-state index < -0.39 is 31.5 Å². The molecule has 4 fully saturated rings. The van der Waals surface area contributed by atoms with Crippen molar-refractivity contribution in [3.63, 3.8) is 0 Å². The average Bonchev–Trinajstić information content (AvgIpc) is 3.32. The molecular formula is C52H60O8Si. The van der Waals surface area contributed by atoms with Crippen LogP contribution in [0.5, 0.6) is 0 Å². The van der Waals surface area contributed by atoms with Gasteiger partial charge in [-0.1, -0.05) is 198 Å². The van der Waals surface area contributed by atoms with E-state index in [0.29, 0.717) is 125 Å². The molecule has 0 atom stereocenters.